The summed E-state index contributed by atoms with van der Waals surface area (Å²) in [6.07, 6.45) is 0. The van der Waals surface area contributed by atoms with Crippen LogP contribution in [0.5, 0.6) is 0 Å². The Balaban J connectivity index is 2.46. The second-order valence-electron chi connectivity index (χ2n) is 3.99. The van der Waals surface area contributed by atoms with Crippen molar-refractivity contribution < 1.29 is 13.2 Å². The molecule has 1 heterocycles. The lowest BCUT2D eigenvalue weighted by Crippen LogP contribution is -2.40. The molecule has 0 saturated carbocycles. The van der Waals surface area contributed by atoms with Gasteiger partial charge in [-0.2, -0.15) is 4.31 Å². The van der Waals surface area contributed by atoms with E-state index in [0.29, 0.717) is 36.9 Å². The summed E-state index contributed by atoms with van der Waals surface area (Å²) in [5.74, 6) is 0.0597. The number of halogens is 3. The van der Waals surface area contributed by atoms with Crippen molar-refractivity contribution in [2.24, 2.45) is 0 Å². The molecule has 0 aliphatic carbocycles. The lowest BCUT2D eigenvalue weighted by Gasteiger charge is -2.26. The van der Waals surface area contributed by atoms with Gasteiger partial charge in [-0.05, 0) is 12.1 Å². The smallest absolute Gasteiger partial charge is 0.244 e. The number of rotatable bonds is 3. The first kappa shape index (κ1) is 15.4. The Kier molecular flexibility index (Phi) is 4.98. The van der Waals surface area contributed by atoms with Crippen molar-refractivity contribution in [3.63, 3.8) is 0 Å². The van der Waals surface area contributed by atoms with E-state index in [1.165, 1.54) is 16.4 Å². The molecule has 8 heteroatoms. The van der Waals surface area contributed by atoms with Crippen molar-refractivity contribution in [3.05, 3.63) is 27.7 Å². The molecule has 1 aliphatic heterocycles. The van der Waals surface area contributed by atoms with Crippen molar-refractivity contribution in [2.45, 2.75) is 10.8 Å². The highest BCUT2D eigenvalue weighted by Gasteiger charge is 2.29. The molecule has 19 heavy (non-hydrogen) atoms. The Hall–Kier alpha value is -0.0400. The predicted molar refractivity (Wildman–Crippen MR) is 75.6 cm³/mol. The first-order valence-corrected chi connectivity index (χ1v) is 8.32. The van der Waals surface area contributed by atoms with Crippen molar-refractivity contribution in [3.8, 4) is 0 Å². The molecule has 1 fully saturated rings. The summed E-state index contributed by atoms with van der Waals surface area (Å²) in [6, 6.07) is 2.91. The summed E-state index contributed by atoms with van der Waals surface area (Å²) >= 11 is 17.8. The third-order valence-corrected chi connectivity index (χ3v) is 5.98. The summed E-state index contributed by atoms with van der Waals surface area (Å²) < 4.78 is 31.5. The number of morpholine rings is 1. The Morgan fingerprint density at radius 1 is 1.21 bits per heavy atom. The highest BCUT2D eigenvalue weighted by molar-refractivity contribution is 7.89. The lowest BCUT2D eigenvalue weighted by atomic mass is 10.2. The number of nitrogens with zero attached hydrogens (tertiary/aromatic N) is 1. The molecule has 1 aromatic rings. The largest absolute Gasteiger partial charge is 0.379 e. The average Bonchev–Trinajstić information content (AvgIpc) is 2.40. The van der Waals surface area contributed by atoms with Crippen LogP contribution in [-0.4, -0.2) is 39.0 Å². The molecule has 1 aromatic carbocycles. The molecule has 0 amide bonds. The third-order valence-electron chi connectivity index (χ3n) is 2.87. The van der Waals surface area contributed by atoms with Gasteiger partial charge in [0, 0.05) is 23.7 Å². The fraction of sp³-hybridized carbons (Fsp3) is 0.455. The Morgan fingerprint density at radius 3 is 2.42 bits per heavy atom. The second-order valence-corrected chi connectivity index (χ2v) is 6.95. The van der Waals surface area contributed by atoms with Gasteiger partial charge < -0.3 is 4.74 Å². The van der Waals surface area contributed by atoms with Gasteiger partial charge >= 0.3 is 0 Å². The van der Waals surface area contributed by atoms with Crippen LogP contribution in [0.2, 0.25) is 10.0 Å². The molecule has 0 unspecified atom stereocenters. The number of alkyl halides is 1. The van der Waals surface area contributed by atoms with Crippen LogP contribution < -0.4 is 0 Å². The SMILES string of the molecule is O=S(=O)(c1ccc(Cl)c(CCl)c1Cl)N1CCOCC1. The molecule has 0 aromatic heterocycles. The Bertz CT molecular complexity index is 571. The maximum absolute atomic E-state index is 12.5. The molecule has 106 valence electrons. The molecule has 1 aliphatic rings. The van der Waals surface area contributed by atoms with Gasteiger partial charge in [-0.25, -0.2) is 8.42 Å². The molecule has 0 N–H and O–H groups in total. The zero-order valence-corrected chi connectivity index (χ0v) is 13.0. The molecule has 0 spiro atoms. The maximum atomic E-state index is 12.5. The van der Waals surface area contributed by atoms with Gasteiger partial charge in [0.05, 0.1) is 24.1 Å². The zero-order chi connectivity index (χ0) is 14.0. The molecule has 1 saturated heterocycles. The first-order chi connectivity index (χ1) is 8.98. The van der Waals surface area contributed by atoms with E-state index < -0.39 is 10.0 Å². The summed E-state index contributed by atoms with van der Waals surface area (Å²) in [7, 11) is -3.64. The summed E-state index contributed by atoms with van der Waals surface area (Å²) in [6.45, 7) is 1.40. The Labute approximate surface area is 127 Å². The fourth-order valence-corrected chi connectivity index (χ4v) is 4.53. The molecular weight excluding hydrogens is 333 g/mol. The van der Waals surface area contributed by atoms with E-state index in [4.69, 9.17) is 39.5 Å². The van der Waals surface area contributed by atoms with Crippen LogP contribution in [0.4, 0.5) is 0 Å². The molecule has 0 bridgehead atoms. The Morgan fingerprint density at radius 2 is 1.84 bits per heavy atom. The monoisotopic (exact) mass is 343 g/mol. The van der Waals surface area contributed by atoms with Gasteiger partial charge in [-0.15, -0.1) is 11.6 Å². The van der Waals surface area contributed by atoms with E-state index in [1.54, 1.807) is 0 Å². The number of hydrogen-bond acceptors (Lipinski definition) is 3. The van der Waals surface area contributed by atoms with Crippen LogP contribution in [0.3, 0.4) is 0 Å². The molecule has 0 radical (unpaired) electrons. The van der Waals surface area contributed by atoms with E-state index in [9.17, 15) is 8.42 Å². The van der Waals surface area contributed by atoms with E-state index >= 15 is 0 Å². The summed E-state index contributed by atoms with van der Waals surface area (Å²) in [4.78, 5) is 0.0381. The van der Waals surface area contributed by atoms with Crippen LogP contribution in [0.25, 0.3) is 0 Å². The van der Waals surface area contributed by atoms with Gasteiger partial charge in [0.25, 0.3) is 0 Å². The van der Waals surface area contributed by atoms with Crippen LogP contribution in [0, 0.1) is 0 Å². The van der Waals surface area contributed by atoms with Gasteiger partial charge in [0.15, 0.2) is 0 Å². The van der Waals surface area contributed by atoms with Gasteiger partial charge in [-0.1, -0.05) is 23.2 Å². The fourth-order valence-electron chi connectivity index (χ4n) is 1.82. The number of hydrogen-bond donors (Lipinski definition) is 0. The summed E-state index contributed by atoms with van der Waals surface area (Å²) in [5, 5.41) is 0.454. The van der Waals surface area contributed by atoms with E-state index in [1.807, 2.05) is 0 Å². The topological polar surface area (TPSA) is 46.6 Å². The van der Waals surface area contributed by atoms with E-state index in [2.05, 4.69) is 0 Å². The average molecular weight is 345 g/mol. The maximum Gasteiger partial charge on any atom is 0.244 e. The van der Waals surface area contributed by atoms with Crippen molar-refractivity contribution >= 4 is 44.8 Å². The van der Waals surface area contributed by atoms with Crippen LogP contribution in [-0.2, 0) is 20.6 Å². The normalized spacial score (nSPS) is 17.6. The standard InChI is InChI=1S/C11H12Cl3NO3S/c12-7-8-9(13)1-2-10(11(8)14)19(16,17)15-3-5-18-6-4-15/h1-2H,3-7H2. The van der Waals surface area contributed by atoms with Gasteiger partial charge in [-0.3, -0.25) is 0 Å². The van der Waals surface area contributed by atoms with Crippen molar-refractivity contribution in [1.82, 2.24) is 4.31 Å². The van der Waals surface area contributed by atoms with Crippen molar-refractivity contribution in [2.75, 3.05) is 26.3 Å². The lowest BCUT2D eigenvalue weighted by molar-refractivity contribution is 0.0730. The highest BCUT2D eigenvalue weighted by atomic mass is 35.5. The number of sulfonamides is 1. The quantitative estimate of drug-likeness (QED) is 0.792. The van der Waals surface area contributed by atoms with Crippen LogP contribution in [0.15, 0.2) is 17.0 Å². The van der Waals surface area contributed by atoms with Gasteiger partial charge in [0.1, 0.15) is 4.90 Å². The second kappa shape index (κ2) is 6.16. The van der Waals surface area contributed by atoms with Crippen molar-refractivity contribution in [1.29, 1.82) is 0 Å². The minimum absolute atomic E-state index is 0.0381. The minimum Gasteiger partial charge on any atom is -0.379 e. The van der Waals surface area contributed by atoms with E-state index in [-0.39, 0.29) is 15.8 Å². The van der Waals surface area contributed by atoms with Gasteiger partial charge in [0.2, 0.25) is 10.0 Å². The molecular formula is C11H12Cl3NO3S. The molecule has 4 nitrogen and oxygen atoms in total. The van der Waals surface area contributed by atoms with Crippen LogP contribution in [0.1, 0.15) is 5.56 Å². The molecule has 0 atom stereocenters. The highest BCUT2D eigenvalue weighted by Crippen LogP contribution is 2.33. The molecule has 2 rings (SSSR count). The minimum atomic E-state index is -3.64. The zero-order valence-electron chi connectivity index (χ0n) is 9.90. The van der Waals surface area contributed by atoms with E-state index in [0.717, 1.165) is 0 Å². The number of benzene rings is 1. The van der Waals surface area contributed by atoms with Crippen LogP contribution >= 0.6 is 34.8 Å². The number of ether oxygens (including phenoxy) is 1. The first-order valence-electron chi connectivity index (χ1n) is 5.59. The third kappa shape index (κ3) is 3.01. The predicted octanol–water partition coefficient (Wildman–Crippen LogP) is 2.75. The summed E-state index contributed by atoms with van der Waals surface area (Å²) in [5.41, 5.74) is 0.430.